The molecule has 0 aliphatic carbocycles. The highest BCUT2D eigenvalue weighted by Gasteiger charge is 2.21. The summed E-state index contributed by atoms with van der Waals surface area (Å²) in [6.07, 6.45) is 0. The standard InChI is InChI=1S/C30H31FN6O3/c1-19(28-33-22-10-8-21(31)18-24(22)34-28)29-35-23-9-7-20(17-26(23)36(29)2)30(38)32-11-14-40-27-6-4-3-5-25(27)37-12-15-39-16-13-37/h3-10,17-19H,11-16H2,1-2H3,(H,32,38)(H,33,34). The Morgan fingerprint density at radius 2 is 1.90 bits per heavy atom. The summed E-state index contributed by atoms with van der Waals surface area (Å²) in [6.45, 7) is 5.78. The summed E-state index contributed by atoms with van der Waals surface area (Å²) < 4.78 is 27.1. The van der Waals surface area contributed by atoms with Gasteiger partial charge in [0.15, 0.2) is 0 Å². The number of amides is 1. The minimum absolute atomic E-state index is 0.164. The maximum atomic E-state index is 13.6. The number of benzene rings is 3. The first-order chi connectivity index (χ1) is 19.5. The van der Waals surface area contributed by atoms with E-state index in [0.717, 1.165) is 41.4 Å². The molecule has 1 amide bonds. The van der Waals surface area contributed by atoms with Gasteiger partial charge in [-0.2, -0.15) is 0 Å². The van der Waals surface area contributed by atoms with Crippen molar-refractivity contribution in [2.24, 2.45) is 7.05 Å². The number of para-hydroxylation sites is 2. The molecule has 3 heterocycles. The van der Waals surface area contributed by atoms with E-state index < -0.39 is 0 Å². The van der Waals surface area contributed by atoms with Crippen molar-refractivity contribution in [2.75, 3.05) is 44.4 Å². The largest absolute Gasteiger partial charge is 0.490 e. The highest BCUT2D eigenvalue weighted by atomic mass is 19.1. The van der Waals surface area contributed by atoms with E-state index in [4.69, 9.17) is 14.5 Å². The molecule has 0 radical (unpaired) electrons. The number of halogens is 1. The fourth-order valence-electron chi connectivity index (χ4n) is 5.14. The summed E-state index contributed by atoms with van der Waals surface area (Å²) in [5, 5.41) is 2.95. The van der Waals surface area contributed by atoms with Crippen LogP contribution in [0.25, 0.3) is 22.1 Å². The molecule has 0 saturated carbocycles. The number of aromatic amines is 1. The second-order valence-corrected chi connectivity index (χ2v) is 9.91. The first kappa shape index (κ1) is 25.8. The van der Waals surface area contributed by atoms with Crippen LogP contribution in [-0.4, -0.2) is 64.9 Å². The highest BCUT2D eigenvalue weighted by molar-refractivity contribution is 5.97. The van der Waals surface area contributed by atoms with Crippen LogP contribution < -0.4 is 15.0 Å². The predicted octanol–water partition coefficient (Wildman–Crippen LogP) is 4.39. The zero-order chi connectivity index (χ0) is 27.6. The Labute approximate surface area is 230 Å². The third-order valence-electron chi connectivity index (χ3n) is 7.30. The van der Waals surface area contributed by atoms with Crippen LogP contribution in [-0.2, 0) is 11.8 Å². The van der Waals surface area contributed by atoms with E-state index in [9.17, 15) is 9.18 Å². The molecule has 2 N–H and O–H groups in total. The number of morpholine rings is 1. The predicted molar refractivity (Wildman–Crippen MR) is 152 cm³/mol. The van der Waals surface area contributed by atoms with Gasteiger partial charge in [0.25, 0.3) is 5.91 Å². The number of hydrogen-bond donors (Lipinski definition) is 2. The Morgan fingerprint density at radius 3 is 2.75 bits per heavy atom. The molecule has 1 atom stereocenters. The van der Waals surface area contributed by atoms with Crippen molar-refractivity contribution in [1.82, 2.24) is 24.8 Å². The van der Waals surface area contributed by atoms with E-state index >= 15 is 0 Å². The van der Waals surface area contributed by atoms with E-state index in [1.54, 1.807) is 12.1 Å². The van der Waals surface area contributed by atoms with Crippen molar-refractivity contribution < 1.29 is 18.7 Å². The number of hydrogen-bond acceptors (Lipinski definition) is 6. The lowest BCUT2D eigenvalue weighted by molar-refractivity contribution is 0.0947. The van der Waals surface area contributed by atoms with Gasteiger partial charge in [-0.15, -0.1) is 0 Å². The summed E-state index contributed by atoms with van der Waals surface area (Å²) in [4.78, 5) is 27.8. The summed E-state index contributed by atoms with van der Waals surface area (Å²) in [6, 6.07) is 17.9. The van der Waals surface area contributed by atoms with Crippen LogP contribution in [0.4, 0.5) is 10.1 Å². The van der Waals surface area contributed by atoms with Gasteiger partial charge in [-0.25, -0.2) is 14.4 Å². The number of nitrogens with one attached hydrogen (secondary N) is 2. The molecular weight excluding hydrogens is 511 g/mol. The van der Waals surface area contributed by atoms with E-state index in [1.807, 2.05) is 54.9 Å². The van der Waals surface area contributed by atoms with Crippen molar-refractivity contribution in [1.29, 1.82) is 0 Å². The number of rotatable bonds is 8. The number of fused-ring (bicyclic) bond motifs is 2. The quantitative estimate of drug-likeness (QED) is 0.283. The van der Waals surface area contributed by atoms with Crippen molar-refractivity contribution >= 4 is 33.7 Å². The molecule has 5 aromatic rings. The van der Waals surface area contributed by atoms with Crippen LogP contribution in [0, 0.1) is 5.82 Å². The number of ether oxygens (including phenoxy) is 2. The van der Waals surface area contributed by atoms with Gasteiger partial charge in [0, 0.05) is 25.7 Å². The first-order valence-corrected chi connectivity index (χ1v) is 13.4. The fourth-order valence-corrected chi connectivity index (χ4v) is 5.14. The van der Waals surface area contributed by atoms with Crippen LogP contribution >= 0.6 is 0 Å². The van der Waals surface area contributed by atoms with Gasteiger partial charge in [-0.3, -0.25) is 4.79 Å². The lowest BCUT2D eigenvalue weighted by Gasteiger charge is -2.30. The second kappa shape index (κ2) is 11.0. The van der Waals surface area contributed by atoms with Crippen LogP contribution in [0.1, 0.15) is 34.8 Å². The third-order valence-corrected chi connectivity index (χ3v) is 7.30. The number of H-pyrrole nitrogens is 1. The van der Waals surface area contributed by atoms with Crippen LogP contribution in [0.5, 0.6) is 5.75 Å². The molecule has 6 rings (SSSR count). The number of carbonyl (C=O) groups excluding carboxylic acids is 1. The average molecular weight is 543 g/mol. The minimum atomic E-state index is -0.312. The number of imidazole rings is 2. The van der Waals surface area contributed by atoms with Gasteiger partial charge in [-0.1, -0.05) is 12.1 Å². The molecule has 1 unspecified atom stereocenters. The minimum Gasteiger partial charge on any atom is -0.490 e. The molecule has 0 spiro atoms. The molecule has 10 heteroatoms. The van der Waals surface area contributed by atoms with E-state index in [-0.39, 0.29) is 17.6 Å². The van der Waals surface area contributed by atoms with Crippen LogP contribution in [0.2, 0.25) is 0 Å². The van der Waals surface area contributed by atoms with Crippen molar-refractivity contribution in [3.63, 3.8) is 0 Å². The van der Waals surface area contributed by atoms with Crippen molar-refractivity contribution in [2.45, 2.75) is 12.8 Å². The smallest absolute Gasteiger partial charge is 0.251 e. The normalized spacial score (nSPS) is 14.5. The fraction of sp³-hybridized carbons (Fsp3) is 0.300. The van der Waals surface area contributed by atoms with Crippen LogP contribution in [0.15, 0.2) is 60.7 Å². The second-order valence-electron chi connectivity index (χ2n) is 9.91. The highest BCUT2D eigenvalue weighted by Crippen LogP contribution is 2.29. The van der Waals surface area contributed by atoms with Gasteiger partial charge in [-0.05, 0) is 55.5 Å². The van der Waals surface area contributed by atoms with Gasteiger partial charge in [0.05, 0.1) is 53.4 Å². The summed E-state index contributed by atoms with van der Waals surface area (Å²) in [5.74, 6) is 1.63. The third kappa shape index (κ3) is 5.10. The molecule has 1 aliphatic heterocycles. The first-order valence-electron chi connectivity index (χ1n) is 13.4. The zero-order valence-electron chi connectivity index (χ0n) is 22.5. The monoisotopic (exact) mass is 542 g/mol. The molecule has 0 bridgehead atoms. The molecular formula is C30H31FN6O3. The number of aryl methyl sites for hydroxylation is 1. The summed E-state index contributed by atoms with van der Waals surface area (Å²) in [5.41, 5.74) is 4.56. The van der Waals surface area contributed by atoms with Crippen molar-refractivity contribution in [3.05, 3.63) is 83.7 Å². The van der Waals surface area contributed by atoms with E-state index in [0.29, 0.717) is 48.8 Å². The summed E-state index contributed by atoms with van der Waals surface area (Å²) >= 11 is 0. The molecule has 1 aliphatic rings. The van der Waals surface area contributed by atoms with Crippen molar-refractivity contribution in [3.8, 4) is 5.75 Å². The summed E-state index contributed by atoms with van der Waals surface area (Å²) in [7, 11) is 1.92. The maximum Gasteiger partial charge on any atom is 0.251 e. The molecule has 1 saturated heterocycles. The number of carbonyl (C=O) groups is 1. The lowest BCUT2D eigenvalue weighted by Crippen LogP contribution is -2.36. The Hall–Kier alpha value is -4.44. The lowest BCUT2D eigenvalue weighted by atomic mass is 10.1. The molecule has 1 fully saturated rings. The van der Waals surface area contributed by atoms with Gasteiger partial charge < -0.3 is 29.2 Å². The topological polar surface area (TPSA) is 97.3 Å². The average Bonchev–Trinajstić information content (AvgIpc) is 3.56. The number of anilines is 1. The Bertz CT molecular complexity index is 1670. The number of nitrogens with zero attached hydrogens (tertiary/aromatic N) is 4. The zero-order valence-corrected chi connectivity index (χ0v) is 22.5. The maximum absolute atomic E-state index is 13.6. The van der Waals surface area contributed by atoms with Crippen LogP contribution in [0.3, 0.4) is 0 Å². The van der Waals surface area contributed by atoms with Gasteiger partial charge in [0.2, 0.25) is 0 Å². The number of aromatic nitrogens is 4. The molecule has 206 valence electrons. The Morgan fingerprint density at radius 1 is 1.10 bits per heavy atom. The van der Waals surface area contributed by atoms with Gasteiger partial charge >= 0.3 is 0 Å². The van der Waals surface area contributed by atoms with Gasteiger partial charge in [0.1, 0.15) is 29.8 Å². The molecule has 2 aromatic heterocycles. The SMILES string of the molecule is CC(c1nc2ccc(F)cc2[nH]1)c1nc2ccc(C(=O)NCCOc3ccccc3N3CCOCC3)cc2n1C. The Balaban J connectivity index is 1.11. The molecule has 3 aromatic carbocycles. The Kier molecular flexibility index (Phi) is 7.08. The molecule has 9 nitrogen and oxygen atoms in total. The molecule has 40 heavy (non-hydrogen) atoms. The van der Waals surface area contributed by atoms with E-state index in [1.165, 1.54) is 12.1 Å². The van der Waals surface area contributed by atoms with E-state index in [2.05, 4.69) is 20.2 Å².